The Bertz CT molecular complexity index is 444. The summed E-state index contributed by atoms with van der Waals surface area (Å²) in [5.41, 5.74) is 0.461. The number of nitrogens with zero attached hydrogens (tertiary/aromatic N) is 1. The van der Waals surface area contributed by atoms with Gasteiger partial charge in [0.1, 0.15) is 0 Å². The third-order valence-electron chi connectivity index (χ3n) is 3.43. The number of hydrogen-bond donors (Lipinski definition) is 2. The number of hydrogen-bond acceptors (Lipinski definition) is 2. The van der Waals surface area contributed by atoms with E-state index in [0.717, 1.165) is 30.8 Å². The number of rotatable bonds is 3. The Labute approximate surface area is 133 Å². The van der Waals surface area contributed by atoms with Gasteiger partial charge in [0.25, 0.3) is 9.70 Å². The molecule has 1 saturated heterocycles. The van der Waals surface area contributed by atoms with Crippen LogP contribution >= 0.6 is 34.8 Å². The summed E-state index contributed by atoms with van der Waals surface area (Å²) in [6.07, 6.45) is 5.90. The molecule has 2 heterocycles. The highest BCUT2D eigenvalue weighted by Gasteiger charge is 2.42. The predicted molar refractivity (Wildman–Crippen MR) is 80.3 cm³/mol. The van der Waals surface area contributed by atoms with Gasteiger partial charge in [0.15, 0.2) is 0 Å². The van der Waals surface area contributed by atoms with Crippen molar-refractivity contribution < 1.29 is 9.69 Å². The normalized spacial score (nSPS) is 18.6. The minimum absolute atomic E-state index is 0.271. The zero-order valence-corrected chi connectivity index (χ0v) is 13.2. The number of piperidine rings is 1. The molecule has 1 amide bonds. The molecular weight excluding hydrogens is 321 g/mol. The molecule has 1 aromatic heterocycles. The van der Waals surface area contributed by atoms with Crippen LogP contribution in [0.5, 0.6) is 0 Å². The molecule has 2 rings (SSSR count). The van der Waals surface area contributed by atoms with Crippen molar-refractivity contribution in [3.8, 4) is 0 Å². The molecular formula is C13H17Cl3N3O+. The standard InChI is InChI=1S/C13H16Cl3N3O/c14-13(15,16)12(19-7-2-1-3-8-19)18-11(20)10-5-4-6-17-9-10/h4-6,9,12H,1-3,7-8H2,(H,18,20)/p+1/t12-/m0/s1. The van der Waals surface area contributed by atoms with E-state index in [1.165, 1.54) is 12.6 Å². The molecule has 1 atom stereocenters. The average molecular weight is 338 g/mol. The number of quaternary nitrogens is 1. The van der Waals surface area contributed by atoms with E-state index in [-0.39, 0.29) is 5.91 Å². The minimum Gasteiger partial charge on any atom is -0.312 e. The van der Waals surface area contributed by atoms with Crippen LogP contribution in [0.3, 0.4) is 0 Å². The highest BCUT2D eigenvalue weighted by atomic mass is 35.6. The van der Waals surface area contributed by atoms with E-state index in [1.807, 2.05) is 0 Å². The van der Waals surface area contributed by atoms with Crippen LogP contribution in [0.1, 0.15) is 29.6 Å². The Morgan fingerprint density at radius 1 is 1.30 bits per heavy atom. The van der Waals surface area contributed by atoms with Crippen LogP contribution in [0.15, 0.2) is 24.5 Å². The van der Waals surface area contributed by atoms with E-state index in [2.05, 4.69) is 10.3 Å². The summed E-state index contributed by atoms with van der Waals surface area (Å²) < 4.78 is -1.54. The van der Waals surface area contributed by atoms with E-state index < -0.39 is 9.96 Å². The van der Waals surface area contributed by atoms with Crippen molar-refractivity contribution in [2.24, 2.45) is 0 Å². The second kappa shape index (κ2) is 6.94. The number of nitrogens with one attached hydrogen (secondary N) is 2. The van der Waals surface area contributed by atoms with Gasteiger partial charge in [0.2, 0.25) is 6.17 Å². The quantitative estimate of drug-likeness (QED) is 0.823. The smallest absolute Gasteiger partial charge is 0.262 e. The molecule has 1 aliphatic heterocycles. The lowest BCUT2D eigenvalue weighted by atomic mass is 10.1. The van der Waals surface area contributed by atoms with Crippen LogP contribution in [-0.4, -0.2) is 33.9 Å². The van der Waals surface area contributed by atoms with Gasteiger partial charge >= 0.3 is 0 Å². The Balaban J connectivity index is 2.10. The van der Waals surface area contributed by atoms with Crippen LogP contribution in [-0.2, 0) is 0 Å². The molecule has 4 nitrogen and oxygen atoms in total. The highest BCUT2D eigenvalue weighted by Crippen LogP contribution is 2.28. The number of alkyl halides is 3. The molecule has 0 aliphatic carbocycles. The number of likely N-dealkylation sites (tertiary alicyclic amines) is 1. The first-order valence-corrected chi connectivity index (χ1v) is 7.74. The molecule has 0 spiro atoms. The number of aromatic nitrogens is 1. The fourth-order valence-corrected chi connectivity index (χ4v) is 3.05. The van der Waals surface area contributed by atoms with Crippen LogP contribution in [0.2, 0.25) is 0 Å². The summed E-state index contributed by atoms with van der Waals surface area (Å²) in [6, 6.07) is 3.39. The third kappa shape index (κ3) is 4.22. The zero-order chi connectivity index (χ0) is 14.6. The number of amides is 1. The van der Waals surface area contributed by atoms with Crippen LogP contribution in [0.25, 0.3) is 0 Å². The van der Waals surface area contributed by atoms with Gasteiger partial charge in [0, 0.05) is 12.4 Å². The first-order valence-electron chi connectivity index (χ1n) is 6.60. The van der Waals surface area contributed by atoms with Gasteiger partial charge in [-0.3, -0.25) is 15.1 Å². The summed E-state index contributed by atoms with van der Waals surface area (Å²) in [5.74, 6) is -0.271. The Morgan fingerprint density at radius 2 is 2.00 bits per heavy atom. The summed E-state index contributed by atoms with van der Waals surface area (Å²) >= 11 is 18.1. The second-order valence-electron chi connectivity index (χ2n) is 4.91. The van der Waals surface area contributed by atoms with Crippen molar-refractivity contribution in [1.29, 1.82) is 0 Å². The maximum Gasteiger partial charge on any atom is 0.262 e. The summed E-state index contributed by atoms with van der Waals surface area (Å²) in [6.45, 7) is 1.79. The first-order chi connectivity index (χ1) is 9.48. The van der Waals surface area contributed by atoms with Crippen molar-refractivity contribution in [3.05, 3.63) is 30.1 Å². The molecule has 110 valence electrons. The predicted octanol–water partition coefficient (Wildman–Crippen LogP) is 1.58. The van der Waals surface area contributed by atoms with Gasteiger partial charge in [-0.05, 0) is 31.4 Å². The lowest BCUT2D eigenvalue weighted by Gasteiger charge is -2.35. The van der Waals surface area contributed by atoms with Gasteiger partial charge in [-0.2, -0.15) is 0 Å². The highest BCUT2D eigenvalue weighted by molar-refractivity contribution is 6.68. The molecule has 0 saturated carbocycles. The zero-order valence-electron chi connectivity index (χ0n) is 10.9. The molecule has 0 bridgehead atoms. The van der Waals surface area contributed by atoms with E-state index in [4.69, 9.17) is 34.8 Å². The lowest BCUT2D eigenvalue weighted by molar-refractivity contribution is -0.931. The maximum atomic E-state index is 12.2. The molecule has 0 radical (unpaired) electrons. The molecule has 2 N–H and O–H groups in total. The molecule has 1 fully saturated rings. The summed E-state index contributed by atoms with van der Waals surface area (Å²) in [7, 11) is 0. The van der Waals surface area contributed by atoms with Crippen molar-refractivity contribution >= 4 is 40.7 Å². The van der Waals surface area contributed by atoms with Crippen molar-refractivity contribution in [1.82, 2.24) is 10.3 Å². The van der Waals surface area contributed by atoms with Crippen LogP contribution in [0.4, 0.5) is 0 Å². The van der Waals surface area contributed by atoms with E-state index >= 15 is 0 Å². The number of pyridine rings is 1. The fourth-order valence-electron chi connectivity index (χ4n) is 2.42. The van der Waals surface area contributed by atoms with E-state index in [9.17, 15) is 4.79 Å². The Kier molecular flexibility index (Phi) is 5.49. The van der Waals surface area contributed by atoms with Gasteiger partial charge < -0.3 is 4.90 Å². The number of carbonyl (C=O) groups excluding carboxylic acids is 1. The molecule has 7 heteroatoms. The topological polar surface area (TPSA) is 46.4 Å². The second-order valence-corrected chi connectivity index (χ2v) is 7.28. The summed E-state index contributed by atoms with van der Waals surface area (Å²) in [5, 5.41) is 2.83. The minimum atomic E-state index is -1.54. The number of carbonyl (C=O) groups is 1. The van der Waals surface area contributed by atoms with Crippen LogP contribution in [0, 0.1) is 0 Å². The molecule has 1 aromatic rings. The lowest BCUT2D eigenvalue weighted by Crippen LogP contribution is -3.20. The molecule has 20 heavy (non-hydrogen) atoms. The van der Waals surface area contributed by atoms with E-state index in [1.54, 1.807) is 18.3 Å². The monoisotopic (exact) mass is 336 g/mol. The largest absolute Gasteiger partial charge is 0.312 e. The van der Waals surface area contributed by atoms with Gasteiger partial charge in [0.05, 0.1) is 18.7 Å². The maximum absolute atomic E-state index is 12.2. The Morgan fingerprint density at radius 3 is 2.55 bits per heavy atom. The third-order valence-corrected chi connectivity index (χ3v) is 4.09. The Hall–Kier alpha value is -0.550. The average Bonchev–Trinajstić information content (AvgIpc) is 2.45. The van der Waals surface area contributed by atoms with Crippen molar-refractivity contribution in [3.63, 3.8) is 0 Å². The van der Waals surface area contributed by atoms with Gasteiger partial charge in [-0.25, -0.2) is 0 Å². The van der Waals surface area contributed by atoms with Crippen LogP contribution < -0.4 is 10.2 Å². The molecule has 0 unspecified atom stereocenters. The number of halogens is 3. The van der Waals surface area contributed by atoms with Crippen molar-refractivity contribution in [2.75, 3.05) is 13.1 Å². The molecule has 0 aromatic carbocycles. The van der Waals surface area contributed by atoms with Gasteiger partial charge in [-0.15, -0.1) is 0 Å². The fraction of sp³-hybridized carbons (Fsp3) is 0.538. The molecule has 1 aliphatic rings. The summed E-state index contributed by atoms with van der Waals surface area (Å²) in [4.78, 5) is 17.2. The van der Waals surface area contributed by atoms with Gasteiger partial charge in [-0.1, -0.05) is 34.8 Å². The SMILES string of the molecule is O=C(N[C@@H]([NH+]1CCCCC1)C(Cl)(Cl)Cl)c1cccnc1. The van der Waals surface area contributed by atoms with E-state index in [0.29, 0.717) is 5.56 Å². The first kappa shape index (κ1) is 15.8. The van der Waals surface area contributed by atoms with Crippen molar-refractivity contribution in [2.45, 2.75) is 29.2 Å².